The molecule has 0 atom stereocenters. The number of benzene rings is 1. The van der Waals surface area contributed by atoms with Crippen LogP contribution in [0.2, 0.25) is 5.02 Å². The van der Waals surface area contributed by atoms with E-state index in [4.69, 9.17) is 16.3 Å². The number of morpholine rings is 1. The molecule has 2 fully saturated rings. The molecule has 1 aromatic carbocycles. The van der Waals surface area contributed by atoms with Gasteiger partial charge in [0.1, 0.15) is 23.7 Å². The Labute approximate surface area is 167 Å². The highest BCUT2D eigenvalue weighted by Crippen LogP contribution is 2.24. The molecule has 2 aromatic rings. The molecule has 7 nitrogen and oxygen atoms in total. The molecule has 4 rings (SSSR count). The minimum Gasteiger partial charge on any atom is -0.378 e. The quantitative estimate of drug-likeness (QED) is 0.779. The average molecular weight is 406 g/mol. The number of amides is 1. The maximum absolute atomic E-state index is 13.4. The molecule has 0 N–H and O–H groups in total. The van der Waals surface area contributed by atoms with Gasteiger partial charge in [-0.2, -0.15) is 0 Å². The number of piperazine rings is 1. The van der Waals surface area contributed by atoms with Gasteiger partial charge in [-0.15, -0.1) is 0 Å². The number of nitrogens with zero attached hydrogens (tertiary/aromatic N) is 5. The van der Waals surface area contributed by atoms with Crippen molar-refractivity contribution in [2.75, 3.05) is 62.3 Å². The molecular weight excluding hydrogens is 385 g/mol. The fourth-order valence-electron chi connectivity index (χ4n) is 3.44. The zero-order chi connectivity index (χ0) is 19.5. The lowest BCUT2D eigenvalue weighted by molar-refractivity contribution is 0.0740. The second-order valence-electron chi connectivity index (χ2n) is 6.74. The van der Waals surface area contributed by atoms with Crippen molar-refractivity contribution in [2.45, 2.75) is 0 Å². The molecular formula is C19H21ClFN5O2. The lowest BCUT2D eigenvalue weighted by Gasteiger charge is -2.36. The van der Waals surface area contributed by atoms with E-state index in [-0.39, 0.29) is 10.9 Å². The number of halogens is 2. The van der Waals surface area contributed by atoms with Gasteiger partial charge in [-0.3, -0.25) is 4.79 Å². The molecule has 9 heteroatoms. The van der Waals surface area contributed by atoms with E-state index in [1.54, 1.807) is 23.1 Å². The van der Waals surface area contributed by atoms with Crippen LogP contribution < -0.4 is 9.80 Å². The Kier molecular flexibility index (Phi) is 5.59. The first-order valence-corrected chi connectivity index (χ1v) is 9.63. The summed E-state index contributed by atoms with van der Waals surface area (Å²) in [6, 6.07) is 6.44. The summed E-state index contributed by atoms with van der Waals surface area (Å²) >= 11 is 5.88. The highest BCUT2D eigenvalue weighted by atomic mass is 35.5. The molecule has 0 unspecified atom stereocenters. The lowest BCUT2D eigenvalue weighted by atomic mass is 10.2. The number of hydrogen-bond acceptors (Lipinski definition) is 6. The highest BCUT2D eigenvalue weighted by Gasteiger charge is 2.24. The Balaban J connectivity index is 1.40. The van der Waals surface area contributed by atoms with Crippen LogP contribution >= 0.6 is 11.6 Å². The Morgan fingerprint density at radius 2 is 1.75 bits per heavy atom. The summed E-state index contributed by atoms with van der Waals surface area (Å²) in [5, 5.41) is 0.104. The number of aromatic nitrogens is 2. The van der Waals surface area contributed by atoms with Crippen molar-refractivity contribution in [3.05, 3.63) is 47.1 Å². The third kappa shape index (κ3) is 4.02. The predicted molar refractivity (Wildman–Crippen MR) is 105 cm³/mol. The van der Waals surface area contributed by atoms with Crippen molar-refractivity contribution in [1.82, 2.24) is 14.9 Å². The molecule has 0 bridgehead atoms. The summed E-state index contributed by atoms with van der Waals surface area (Å²) in [6.07, 6.45) is 1.44. The van der Waals surface area contributed by atoms with Crippen LogP contribution in [0, 0.1) is 5.82 Å². The number of carbonyl (C=O) groups excluding carboxylic acids is 1. The molecule has 0 saturated carbocycles. The standard InChI is InChI=1S/C19H21ClFN5O2/c20-15-11-14(1-2-16(15)21)24-3-5-26(6-4-24)19(27)17-12-18(23-13-22-17)25-7-9-28-10-8-25/h1-2,11-13H,3-10H2. The zero-order valence-electron chi connectivity index (χ0n) is 15.4. The van der Waals surface area contributed by atoms with Crippen LogP contribution in [0.1, 0.15) is 10.5 Å². The Bertz CT molecular complexity index is 854. The van der Waals surface area contributed by atoms with Crippen LogP contribution in [0.25, 0.3) is 0 Å². The van der Waals surface area contributed by atoms with Crippen molar-refractivity contribution in [2.24, 2.45) is 0 Å². The first-order chi connectivity index (χ1) is 13.6. The molecule has 2 aliphatic rings. The molecule has 0 spiro atoms. The van der Waals surface area contributed by atoms with Crippen LogP contribution in [0.5, 0.6) is 0 Å². The van der Waals surface area contributed by atoms with E-state index in [0.717, 1.165) is 24.6 Å². The molecule has 148 valence electrons. The maximum atomic E-state index is 13.4. The second-order valence-corrected chi connectivity index (χ2v) is 7.15. The normalized spacial score (nSPS) is 17.7. The van der Waals surface area contributed by atoms with Crippen molar-refractivity contribution in [3.8, 4) is 0 Å². The van der Waals surface area contributed by atoms with E-state index < -0.39 is 5.82 Å². The van der Waals surface area contributed by atoms with E-state index in [2.05, 4.69) is 19.8 Å². The van der Waals surface area contributed by atoms with Gasteiger partial charge in [-0.05, 0) is 18.2 Å². The van der Waals surface area contributed by atoms with E-state index in [0.29, 0.717) is 45.1 Å². The largest absolute Gasteiger partial charge is 0.378 e. The molecule has 2 aliphatic heterocycles. The third-order valence-corrected chi connectivity index (χ3v) is 5.33. The first-order valence-electron chi connectivity index (χ1n) is 9.26. The van der Waals surface area contributed by atoms with Gasteiger partial charge in [0.25, 0.3) is 5.91 Å². The second kappa shape index (κ2) is 8.28. The summed E-state index contributed by atoms with van der Waals surface area (Å²) in [4.78, 5) is 27.3. The third-order valence-electron chi connectivity index (χ3n) is 5.04. The van der Waals surface area contributed by atoms with E-state index in [9.17, 15) is 9.18 Å². The van der Waals surface area contributed by atoms with Gasteiger partial charge in [0.05, 0.1) is 18.2 Å². The average Bonchev–Trinajstić information content (AvgIpc) is 2.76. The molecule has 3 heterocycles. The number of anilines is 2. The smallest absolute Gasteiger partial charge is 0.272 e. The predicted octanol–water partition coefficient (Wildman–Crippen LogP) is 2.07. The SMILES string of the molecule is O=C(c1cc(N2CCOCC2)ncn1)N1CCN(c2ccc(F)c(Cl)c2)CC1. The van der Waals surface area contributed by atoms with Crippen LogP contribution in [-0.2, 0) is 4.74 Å². The van der Waals surface area contributed by atoms with E-state index in [1.807, 2.05) is 0 Å². The van der Waals surface area contributed by atoms with Crippen LogP contribution in [0.3, 0.4) is 0 Å². The molecule has 1 aromatic heterocycles. The Morgan fingerprint density at radius 1 is 1.00 bits per heavy atom. The minimum absolute atomic E-state index is 0.103. The van der Waals surface area contributed by atoms with Gasteiger partial charge in [0.2, 0.25) is 0 Å². The number of hydrogen-bond donors (Lipinski definition) is 0. The Hall–Kier alpha value is -2.45. The van der Waals surface area contributed by atoms with Crippen LogP contribution in [0.15, 0.2) is 30.6 Å². The summed E-state index contributed by atoms with van der Waals surface area (Å²) in [5.74, 6) is 0.217. The van der Waals surface area contributed by atoms with Crippen LogP contribution in [-0.4, -0.2) is 73.3 Å². The van der Waals surface area contributed by atoms with Crippen molar-refractivity contribution in [3.63, 3.8) is 0 Å². The Morgan fingerprint density at radius 3 is 2.46 bits per heavy atom. The molecule has 0 radical (unpaired) electrons. The number of ether oxygens (including phenoxy) is 1. The summed E-state index contributed by atoms with van der Waals surface area (Å²) in [6.45, 7) is 5.23. The van der Waals surface area contributed by atoms with Crippen molar-refractivity contribution < 1.29 is 13.9 Å². The van der Waals surface area contributed by atoms with Gasteiger partial charge in [0.15, 0.2) is 0 Å². The lowest BCUT2D eigenvalue weighted by Crippen LogP contribution is -2.49. The molecule has 28 heavy (non-hydrogen) atoms. The van der Waals surface area contributed by atoms with E-state index in [1.165, 1.54) is 12.4 Å². The fourth-order valence-corrected chi connectivity index (χ4v) is 3.62. The van der Waals surface area contributed by atoms with Gasteiger partial charge in [-0.25, -0.2) is 14.4 Å². The highest BCUT2D eigenvalue weighted by molar-refractivity contribution is 6.31. The summed E-state index contributed by atoms with van der Waals surface area (Å²) < 4.78 is 18.7. The summed E-state index contributed by atoms with van der Waals surface area (Å²) in [5.41, 5.74) is 1.25. The minimum atomic E-state index is -0.431. The van der Waals surface area contributed by atoms with Crippen molar-refractivity contribution >= 4 is 29.0 Å². The molecule has 0 aliphatic carbocycles. The van der Waals surface area contributed by atoms with Crippen molar-refractivity contribution in [1.29, 1.82) is 0 Å². The molecule has 1 amide bonds. The van der Waals surface area contributed by atoms with E-state index >= 15 is 0 Å². The fraction of sp³-hybridized carbons (Fsp3) is 0.421. The topological polar surface area (TPSA) is 61.8 Å². The summed E-state index contributed by atoms with van der Waals surface area (Å²) in [7, 11) is 0. The number of carbonyl (C=O) groups is 1. The first kappa shape index (κ1) is 18.9. The van der Waals surface area contributed by atoms with Gasteiger partial charge in [-0.1, -0.05) is 11.6 Å². The van der Waals surface area contributed by atoms with Gasteiger partial charge in [0, 0.05) is 51.0 Å². The number of rotatable bonds is 3. The zero-order valence-corrected chi connectivity index (χ0v) is 16.1. The monoisotopic (exact) mass is 405 g/mol. The maximum Gasteiger partial charge on any atom is 0.272 e. The van der Waals surface area contributed by atoms with Crippen LogP contribution in [0.4, 0.5) is 15.9 Å². The van der Waals surface area contributed by atoms with Gasteiger partial charge >= 0.3 is 0 Å². The van der Waals surface area contributed by atoms with Gasteiger partial charge < -0.3 is 19.4 Å². The molecule has 2 saturated heterocycles.